The Morgan fingerprint density at radius 2 is 2.08 bits per heavy atom. The Morgan fingerprint density at radius 1 is 1.31 bits per heavy atom. The van der Waals surface area contributed by atoms with E-state index in [-0.39, 0.29) is 22.2 Å². The van der Waals surface area contributed by atoms with Gasteiger partial charge in [-0.15, -0.1) is 0 Å². The number of rotatable bonds is 5. The number of nitro benzene ring substituents is 1. The van der Waals surface area contributed by atoms with Crippen LogP contribution >= 0.6 is 11.6 Å². The third-order valence-corrected chi connectivity index (χ3v) is 4.87. The number of hydrogen-bond acceptors (Lipinski definition) is 5. The van der Waals surface area contributed by atoms with Crippen LogP contribution in [-0.2, 0) is 0 Å². The fraction of sp³-hybridized carbons (Fsp3) is 0.333. The van der Waals surface area contributed by atoms with Crippen molar-refractivity contribution in [2.24, 2.45) is 5.92 Å². The Balaban J connectivity index is 1.53. The van der Waals surface area contributed by atoms with Gasteiger partial charge in [-0.05, 0) is 37.0 Å². The van der Waals surface area contributed by atoms with Crippen LogP contribution in [0.3, 0.4) is 0 Å². The van der Waals surface area contributed by atoms with Gasteiger partial charge in [0.15, 0.2) is 0 Å². The van der Waals surface area contributed by atoms with Gasteiger partial charge in [-0.2, -0.15) is 0 Å². The minimum absolute atomic E-state index is 0.131. The van der Waals surface area contributed by atoms with Crippen LogP contribution in [0.15, 0.2) is 42.6 Å². The molecule has 0 spiro atoms. The lowest BCUT2D eigenvalue weighted by Crippen LogP contribution is -2.39. The second kappa shape index (κ2) is 8.14. The molecule has 0 aliphatic carbocycles. The van der Waals surface area contributed by atoms with Gasteiger partial charge in [0.25, 0.3) is 11.6 Å². The van der Waals surface area contributed by atoms with E-state index in [9.17, 15) is 14.9 Å². The Kier molecular flexibility index (Phi) is 5.68. The molecular weight excluding hydrogens is 356 g/mol. The molecule has 1 aromatic heterocycles. The Bertz CT molecular complexity index is 792. The lowest BCUT2D eigenvalue weighted by atomic mass is 9.96. The predicted molar refractivity (Wildman–Crippen MR) is 99.6 cm³/mol. The van der Waals surface area contributed by atoms with E-state index in [4.69, 9.17) is 11.6 Å². The summed E-state index contributed by atoms with van der Waals surface area (Å²) >= 11 is 6.01. The third-order valence-electron chi connectivity index (χ3n) is 4.54. The molecule has 0 bridgehead atoms. The lowest BCUT2D eigenvalue weighted by molar-refractivity contribution is -0.384. The Morgan fingerprint density at radius 3 is 2.73 bits per heavy atom. The fourth-order valence-corrected chi connectivity index (χ4v) is 3.24. The van der Waals surface area contributed by atoms with Crippen molar-refractivity contribution < 1.29 is 9.72 Å². The van der Waals surface area contributed by atoms with Gasteiger partial charge in [0.1, 0.15) is 5.82 Å². The molecule has 0 saturated carbocycles. The summed E-state index contributed by atoms with van der Waals surface area (Å²) in [5.74, 6) is 0.945. The number of nitro groups is 1. The van der Waals surface area contributed by atoms with Crippen molar-refractivity contribution >= 4 is 29.0 Å². The second-order valence-corrected chi connectivity index (χ2v) is 6.66. The SMILES string of the molecule is O=C(NCC1CCN(c2ccccn2)CC1)c1cc([N+](=O)[O-])ccc1Cl. The van der Waals surface area contributed by atoms with E-state index in [1.165, 1.54) is 18.2 Å². The molecule has 0 radical (unpaired) electrons. The van der Waals surface area contributed by atoms with Crippen LogP contribution in [0.2, 0.25) is 5.02 Å². The number of anilines is 1. The minimum atomic E-state index is -0.541. The number of piperidine rings is 1. The molecule has 2 heterocycles. The minimum Gasteiger partial charge on any atom is -0.357 e. The van der Waals surface area contributed by atoms with E-state index in [0.717, 1.165) is 31.7 Å². The Labute approximate surface area is 156 Å². The van der Waals surface area contributed by atoms with E-state index >= 15 is 0 Å². The van der Waals surface area contributed by atoms with E-state index in [1.807, 2.05) is 18.2 Å². The smallest absolute Gasteiger partial charge is 0.270 e. The number of carbonyl (C=O) groups excluding carboxylic acids is 1. The number of hydrogen-bond donors (Lipinski definition) is 1. The van der Waals surface area contributed by atoms with E-state index in [2.05, 4.69) is 15.2 Å². The second-order valence-electron chi connectivity index (χ2n) is 6.25. The van der Waals surface area contributed by atoms with Gasteiger partial charge in [0.05, 0.1) is 15.5 Å². The quantitative estimate of drug-likeness (QED) is 0.640. The number of benzene rings is 1. The third kappa shape index (κ3) is 4.29. The predicted octanol–water partition coefficient (Wildman–Crippen LogP) is 3.29. The van der Waals surface area contributed by atoms with Crippen molar-refractivity contribution in [1.82, 2.24) is 10.3 Å². The van der Waals surface area contributed by atoms with Gasteiger partial charge < -0.3 is 10.2 Å². The number of amides is 1. The number of carbonyl (C=O) groups is 1. The summed E-state index contributed by atoms with van der Waals surface area (Å²) in [5.41, 5.74) is -0.0185. The molecule has 8 heteroatoms. The molecule has 1 fully saturated rings. The number of halogens is 1. The first-order valence-electron chi connectivity index (χ1n) is 8.42. The molecule has 1 N–H and O–H groups in total. The highest BCUT2D eigenvalue weighted by Gasteiger charge is 2.22. The maximum Gasteiger partial charge on any atom is 0.270 e. The van der Waals surface area contributed by atoms with Crippen LogP contribution in [0.25, 0.3) is 0 Å². The molecule has 3 rings (SSSR count). The average Bonchev–Trinajstić information content (AvgIpc) is 2.67. The number of non-ortho nitro benzene ring substituents is 1. The largest absolute Gasteiger partial charge is 0.357 e. The van der Waals surface area contributed by atoms with E-state index in [0.29, 0.717) is 12.5 Å². The van der Waals surface area contributed by atoms with Crippen LogP contribution in [-0.4, -0.2) is 35.4 Å². The summed E-state index contributed by atoms with van der Waals surface area (Å²) in [7, 11) is 0. The van der Waals surface area contributed by atoms with E-state index < -0.39 is 4.92 Å². The monoisotopic (exact) mass is 374 g/mol. The van der Waals surface area contributed by atoms with E-state index in [1.54, 1.807) is 6.20 Å². The van der Waals surface area contributed by atoms with Crippen molar-refractivity contribution in [3.8, 4) is 0 Å². The highest BCUT2D eigenvalue weighted by atomic mass is 35.5. The summed E-state index contributed by atoms with van der Waals surface area (Å²) in [4.78, 5) is 29.2. The molecule has 1 aliphatic heterocycles. The summed E-state index contributed by atoms with van der Waals surface area (Å²) in [6.07, 6.45) is 3.67. The van der Waals surface area contributed by atoms with Gasteiger partial charge in [-0.1, -0.05) is 17.7 Å². The highest BCUT2D eigenvalue weighted by molar-refractivity contribution is 6.33. The van der Waals surface area contributed by atoms with Gasteiger partial charge in [-0.25, -0.2) is 4.98 Å². The molecule has 1 aromatic carbocycles. The van der Waals surface area contributed by atoms with Gasteiger partial charge in [0, 0.05) is 38.0 Å². The molecule has 1 amide bonds. The summed E-state index contributed by atoms with van der Waals surface area (Å²) < 4.78 is 0. The summed E-state index contributed by atoms with van der Waals surface area (Å²) in [5, 5.41) is 13.9. The molecule has 1 saturated heterocycles. The van der Waals surface area contributed by atoms with Crippen molar-refractivity contribution in [2.45, 2.75) is 12.8 Å². The molecule has 2 aromatic rings. The zero-order valence-electron chi connectivity index (χ0n) is 14.1. The van der Waals surface area contributed by atoms with Crippen LogP contribution in [0.4, 0.5) is 11.5 Å². The number of nitrogens with one attached hydrogen (secondary N) is 1. The number of nitrogens with zero attached hydrogens (tertiary/aromatic N) is 3. The van der Waals surface area contributed by atoms with Crippen molar-refractivity contribution in [3.05, 3.63) is 63.3 Å². The van der Waals surface area contributed by atoms with Gasteiger partial charge >= 0.3 is 0 Å². The lowest BCUT2D eigenvalue weighted by Gasteiger charge is -2.32. The summed E-state index contributed by atoms with van der Waals surface area (Å²) in [6, 6.07) is 9.72. The van der Waals surface area contributed by atoms with Crippen molar-refractivity contribution in [2.75, 3.05) is 24.5 Å². The number of pyridine rings is 1. The van der Waals surface area contributed by atoms with Gasteiger partial charge in [0.2, 0.25) is 0 Å². The topological polar surface area (TPSA) is 88.4 Å². The van der Waals surface area contributed by atoms with Crippen LogP contribution < -0.4 is 10.2 Å². The molecule has 26 heavy (non-hydrogen) atoms. The van der Waals surface area contributed by atoms with Crippen LogP contribution in [0.5, 0.6) is 0 Å². The first kappa shape index (κ1) is 18.1. The zero-order valence-corrected chi connectivity index (χ0v) is 14.9. The normalized spacial score (nSPS) is 14.9. The maximum absolute atomic E-state index is 12.3. The first-order chi connectivity index (χ1) is 12.5. The highest BCUT2D eigenvalue weighted by Crippen LogP contribution is 2.23. The number of aromatic nitrogens is 1. The average molecular weight is 375 g/mol. The van der Waals surface area contributed by atoms with Crippen LogP contribution in [0.1, 0.15) is 23.2 Å². The standard InChI is InChI=1S/C18H19ClN4O3/c19-16-5-4-14(23(25)26)11-15(16)18(24)21-12-13-6-9-22(10-7-13)17-3-1-2-8-20-17/h1-5,8,11,13H,6-7,9-10,12H2,(H,21,24). The molecule has 136 valence electrons. The van der Waals surface area contributed by atoms with Crippen molar-refractivity contribution in [3.63, 3.8) is 0 Å². The van der Waals surface area contributed by atoms with Crippen LogP contribution in [0, 0.1) is 16.0 Å². The van der Waals surface area contributed by atoms with Crippen molar-refractivity contribution in [1.29, 1.82) is 0 Å². The Hall–Kier alpha value is -2.67. The molecule has 0 atom stereocenters. The zero-order chi connectivity index (χ0) is 18.5. The molecule has 1 aliphatic rings. The summed E-state index contributed by atoms with van der Waals surface area (Å²) in [6.45, 7) is 2.29. The molecule has 7 nitrogen and oxygen atoms in total. The molecule has 0 unspecified atom stereocenters. The molecular formula is C18H19ClN4O3. The maximum atomic E-state index is 12.3. The fourth-order valence-electron chi connectivity index (χ4n) is 3.04. The first-order valence-corrected chi connectivity index (χ1v) is 8.80. The van der Waals surface area contributed by atoms with Gasteiger partial charge in [-0.3, -0.25) is 14.9 Å².